The quantitative estimate of drug-likeness (QED) is 0.444. The summed E-state index contributed by atoms with van der Waals surface area (Å²) in [6, 6.07) is 0. The first-order chi connectivity index (χ1) is 2.56. The Labute approximate surface area is 35.6 Å². The van der Waals surface area contributed by atoms with Gasteiger partial charge in [-0.05, 0) is 0 Å². The van der Waals surface area contributed by atoms with Crippen molar-refractivity contribution in [3.63, 3.8) is 0 Å². The highest BCUT2D eigenvalue weighted by molar-refractivity contribution is 7.66. The second-order valence-corrected chi connectivity index (χ2v) is 1.37. The minimum absolute atomic E-state index is 2.18. The molecule has 0 bridgehead atoms. The maximum Gasteiger partial charge on any atom is 0.455 e. The highest BCUT2D eigenvalue weighted by Gasteiger charge is 2.22. The number of hydrogen-bond donors (Lipinski definition) is 0. The molecular formula is CH2F3OS. The molecule has 0 saturated carbocycles. The number of rotatable bonds is 0. The van der Waals surface area contributed by atoms with Gasteiger partial charge in [0.1, 0.15) is 0 Å². The summed E-state index contributed by atoms with van der Waals surface area (Å²) in [7, 11) is 0. The second-order valence-electron chi connectivity index (χ2n) is 0.600. The fourth-order valence-electron chi connectivity index (χ4n) is 0. The Hall–Kier alpha value is -0.0600. The Morgan fingerprint density at radius 2 is 1.50 bits per heavy atom. The van der Waals surface area contributed by atoms with Crippen molar-refractivity contribution in [1.82, 2.24) is 0 Å². The molecule has 1 nitrogen and oxygen atoms in total. The van der Waals surface area contributed by atoms with Crippen LogP contribution in [0.5, 0.6) is 0 Å². The molecule has 0 unspecified atom stereocenters. The number of halogens is 3. The smallest absolute Gasteiger partial charge is 0.269 e. The minimum Gasteiger partial charge on any atom is -0.269 e. The summed E-state index contributed by atoms with van der Waals surface area (Å²) >= 11 is -2.18. The molecule has 0 rings (SSSR count). The zero-order valence-electron chi connectivity index (χ0n) is 2.54. The summed E-state index contributed by atoms with van der Waals surface area (Å²) in [6.45, 7) is 0. The molecule has 0 atom stereocenters. The Balaban J connectivity index is 3.45. The number of alkyl halides is 3. The van der Waals surface area contributed by atoms with Crippen molar-refractivity contribution in [1.29, 1.82) is 0 Å². The summed E-state index contributed by atoms with van der Waals surface area (Å²) in [5.74, 6) is 0. The van der Waals surface area contributed by atoms with Gasteiger partial charge in [-0.25, -0.2) is 0 Å². The molecule has 6 heavy (non-hydrogen) atoms. The van der Waals surface area contributed by atoms with Gasteiger partial charge < -0.3 is 0 Å². The van der Waals surface area contributed by atoms with E-state index < -0.39 is 17.2 Å². The van der Waals surface area contributed by atoms with E-state index in [9.17, 15) is 13.2 Å². The van der Waals surface area contributed by atoms with Crippen molar-refractivity contribution in [3.05, 3.63) is 0 Å². The second kappa shape index (κ2) is 1.59. The van der Waals surface area contributed by atoms with E-state index in [1.807, 2.05) is 0 Å². The molecule has 0 saturated heterocycles. The van der Waals surface area contributed by atoms with Crippen LogP contribution in [0, 0.1) is 0 Å². The Morgan fingerprint density at radius 1 is 1.33 bits per heavy atom. The molecule has 5 heteroatoms. The zero-order valence-corrected chi connectivity index (χ0v) is 3.54. The maximum atomic E-state index is 10.5. The Bertz CT molecular complexity index is 56.3. The summed E-state index contributed by atoms with van der Waals surface area (Å²) in [5.41, 5.74) is -4.49. The van der Waals surface area contributed by atoms with Gasteiger partial charge in [0.15, 0.2) is 0 Å². The molecule has 0 aromatic carbocycles. The summed E-state index contributed by atoms with van der Waals surface area (Å²) in [5, 5.41) is 0. The van der Waals surface area contributed by atoms with E-state index in [1.165, 1.54) is 0 Å². The van der Waals surface area contributed by atoms with E-state index in [2.05, 4.69) is 0 Å². The third-order valence-electron chi connectivity index (χ3n) is 0.116. The van der Waals surface area contributed by atoms with Crippen LogP contribution >= 0.6 is 0 Å². The molecule has 0 aromatic heterocycles. The average molecular weight is 119 g/mol. The topological polar surface area (TPSA) is 17.1 Å². The highest BCUT2D eigenvalue weighted by atomic mass is 32.1. The van der Waals surface area contributed by atoms with Gasteiger partial charge in [-0.1, -0.05) is 0 Å². The molecule has 0 heterocycles. The first-order valence-electron chi connectivity index (χ1n) is 1.02. The largest absolute Gasteiger partial charge is 0.455 e. The van der Waals surface area contributed by atoms with E-state index in [1.54, 1.807) is 0 Å². The Morgan fingerprint density at radius 3 is 1.50 bits per heavy atom. The predicted molar refractivity (Wildman–Crippen MR) is 17.0 cm³/mol. The van der Waals surface area contributed by atoms with Crippen LogP contribution in [0.4, 0.5) is 13.2 Å². The van der Waals surface area contributed by atoms with Crippen LogP contribution < -0.4 is 0 Å². The van der Waals surface area contributed by atoms with Crippen LogP contribution in [0.25, 0.3) is 0 Å². The third-order valence-corrected chi connectivity index (χ3v) is 0.347. The molecule has 1 radical (unpaired) electrons. The normalized spacial score (nSPS) is 13.8. The van der Waals surface area contributed by atoms with Crippen LogP contribution in [0.3, 0.4) is 0 Å². The molecule has 0 aromatic rings. The first kappa shape index (κ1) is 5.94. The van der Waals surface area contributed by atoms with E-state index in [-0.39, 0.29) is 0 Å². The van der Waals surface area contributed by atoms with E-state index in [0.717, 1.165) is 0 Å². The van der Waals surface area contributed by atoms with Crippen LogP contribution in [-0.4, -0.2) is 9.72 Å². The molecule has 0 aliphatic rings. The summed E-state index contributed by atoms with van der Waals surface area (Å²) < 4.78 is 40.3. The fraction of sp³-hybridized carbons (Fsp3) is 1.00. The predicted octanol–water partition coefficient (Wildman–Crippen LogP) is 0.184. The zero-order chi connectivity index (χ0) is 5.21. The lowest BCUT2D eigenvalue weighted by Gasteiger charge is -1.89. The van der Waals surface area contributed by atoms with Crippen LogP contribution in [-0.2, 0) is 11.7 Å². The molecule has 0 amide bonds. The Kier molecular flexibility index (Phi) is 1.58. The van der Waals surface area contributed by atoms with Gasteiger partial charge in [-0.3, -0.25) is 4.21 Å². The average Bonchev–Trinajstić information content (AvgIpc) is 1.35. The third kappa shape index (κ3) is 3.94. The summed E-state index contributed by atoms with van der Waals surface area (Å²) in [4.78, 5) is 0. The van der Waals surface area contributed by atoms with Gasteiger partial charge in [0.25, 0.3) is 0 Å². The lowest BCUT2D eigenvalue weighted by atomic mass is 11.6. The van der Waals surface area contributed by atoms with Crippen molar-refractivity contribution in [2.75, 3.05) is 0 Å². The van der Waals surface area contributed by atoms with Crippen molar-refractivity contribution >= 4 is 11.7 Å². The van der Waals surface area contributed by atoms with Gasteiger partial charge in [-0.15, -0.1) is 0 Å². The summed E-state index contributed by atoms with van der Waals surface area (Å²) in [6.07, 6.45) is 0. The van der Waals surface area contributed by atoms with Crippen LogP contribution in [0.1, 0.15) is 0 Å². The van der Waals surface area contributed by atoms with Crippen molar-refractivity contribution in [2.24, 2.45) is 0 Å². The lowest BCUT2D eigenvalue weighted by Crippen LogP contribution is -2.02. The van der Waals surface area contributed by atoms with Crippen molar-refractivity contribution in [2.45, 2.75) is 5.51 Å². The fourth-order valence-corrected chi connectivity index (χ4v) is 0. The van der Waals surface area contributed by atoms with Gasteiger partial charge in [0, 0.05) is 11.7 Å². The van der Waals surface area contributed by atoms with Crippen LogP contribution in [0.15, 0.2) is 0 Å². The number of hydrogen-bond acceptors (Lipinski definition) is 1. The molecule has 0 aliphatic heterocycles. The van der Waals surface area contributed by atoms with Gasteiger partial charge in [0.05, 0.1) is 0 Å². The van der Waals surface area contributed by atoms with E-state index in [4.69, 9.17) is 4.21 Å². The van der Waals surface area contributed by atoms with Crippen LogP contribution in [0.2, 0.25) is 0 Å². The maximum absolute atomic E-state index is 10.5. The van der Waals surface area contributed by atoms with Gasteiger partial charge in [0.2, 0.25) is 0 Å². The molecule has 0 aliphatic carbocycles. The van der Waals surface area contributed by atoms with Gasteiger partial charge >= 0.3 is 5.51 Å². The highest BCUT2D eigenvalue weighted by Crippen LogP contribution is 2.11. The van der Waals surface area contributed by atoms with E-state index in [0.29, 0.717) is 0 Å². The lowest BCUT2D eigenvalue weighted by molar-refractivity contribution is -0.0353. The minimum atomic E-state index is -4.49. The monoisotopic (exact) mass is 119 g/mol. The SMILES string of the molecule is O=[SH2]C(F)(F)F. The van der Waals surface area contributed by atoms with Gasteiger partial charge in [-0.2, -0.15) is 13.2 Å². The standard InChI is InChI=1S/CH2F3OS/c2-1(3,4)6-5/h6H2. The van der Waals surface area contributed by atoms with E-state index >= 15 is 0 Å². The molecule has 39 valence electrons. The molecule has 0 spiro atoms. The first-order valence-corrected chi connectivity index (χ1v) is 1.93. The van der Waals surface area contributed by atoms with Crippen molar-refractivity contribution < 1.29 is 17.4 Å². The molecular weight excluding hydrogens is 117 g/mol. The molecule has 0 N–H and O–H groups in total. The molecule has 0 fully saturated rings. The van der Waals surface area contributed by atoms with Crippen molar-refractivity contribution in [3.8, 4) is 0 Å².